The molecule has 11 heteroatoms. The molecule has 39 heavy (non-hydrogen) atoms. The molecule has 212 valence electrons. The molecule has 1 aromatic heterocycles. The van der Waals surface area contributed by atoms with Gasteiger partial charge in [-0.15, -0.1) is 0 Å². The number of likely N-dealkylation sites (tertiary alicyclic amines) is 1. The maximum Gasteiger partial charge on any atom is 0.226 e. The number of halogens is 3. The number of allylic oxidation sites excluding steroid dienone is 3. The standard InChI is InChI=1S/C28H37F3N6O2/c1-16(2)33-28-32-14-18-7-10-24(34-25-22(30)12-19(29)13-23(25)31)37(26(18)35-28)20-8-5-17(6-9-20)27(39)36-11-3-4-21(36)15-38/h10,12-14,16-17,20-22,25,34,38H,3-9,11,15H2,1-2H3,(H,32,33,35)/t17-,20+,21-,22?,25?/m1/s1. The van der Waals surface area contributed by atoms with Crippen molar-refractivity contribution in [3.8, 4) is 0 Å². The molecule has 3 heterocycles. The Morgan fingerprint density at radius 3 is 2.67 bits per heavy atom. The highest BCUT2D eigenvalue weighted by atomic mass is 19.2. The molecular weight excluding hydrogens is 509 g/mol. The van der Waals surface area contributed by atoms with Gasteiger partial charge in [0.25, 0.3) is 0 Å². The summed E-state index contributed by atoms with van der Waals surface area (Å²) >= 11 is 0. The fourth-order valence-electron chi connectivity index (χ4n) is 6.10. The lowest BCUT2D eigenvalue weighted by Crippen LogP contribution is -2.50. The number of alkyl halides is 1. The first-order valence-electron chi connectivity index (χ1n) is 13.9. The van der Waals surface area contributed by atoms with Gasteiger partial charge in [0.05, 0.1) is 12.6 Å². The lowest BCUT2D eigenvalue weighted by Gasteiger charge is -2.42. The lowest BCUT2D eigenvalue weighted by atomic mass is 9.83. The van der Waals surface area contributed by atoms with Crippen LogP contribution in [0.15, 0.2) is 41.9 Å². The van der Waals surface area contributed by atoms with E-state index in [-0.39, 0.29) is 36.6 Å². The number of fused-ring (bicyclic) bond motifs is 1. The molecule has 2 fully saturated rings. The van der Waals surface area contributed by atoms with Crippen molar-refractivity contribution in [1.82, 2.24) is 20.2 Å². The van der Waals surface area contributed by atoms with E-state index in [1.165, 1.54) is 0 Å². The largest absolute Gasteiger partial charge is 0.394 e. The summed E-state index contributed by atoms with van der Waals surface area (Å²) in [5, 5.41) is 15.9. The second-order valence-electron chi connectivity index (χ2n) is 11.2. The minimum absolute atomic E-state index is 0.0151. The summed E-state index contributed by atoms with van der Waals surface area (Å²) in [6, 6.07) is -1.41. The number of hydrogen-bond donors (Lipinski definition) is 3. The van der Waals surface area contributed by atoms with Crippen LogP contribution in [-0.4, -0.2) is 69.4 Å². The van der Waals surface area contributed by atoms with Crippen molar-refractivity contribution in [2.45, 2.75) is 89.1 Å². The number of carbonyl (C=O) groups excluding carboxylic acids is 1. The maximum atomic E-state index is 14.7. The molecule has 2 unspecified atom stereocenters. The van der Waals surface area contributed by atoms with Crippen LogP contribution in [0.1, 0.15) is 57.9 Å². The van der Waals surface area contributed by atoms with Crippen molar-refractivity contribution in [3.05, 3.63) is 47.5 Å². The van der Waals surface area contributed by atoms with Crippen LogP contribution in [0.2, 0.25) is 0 Å². The minimum atomic E-state index is -1.86. The van der Waals surface area contributed by atoms with Crippen LogP contribution in [0.5, 0.6) is 0 Å². The maximum absolute atomic E-state index is 14.7. The first-order chi connectivity index (χ1) is 18.7. The summed E-state index contributed by atoms with van der Waals surface area (Å²) in [5.41, 5.74) is 0.887. The van der Waals surface area contributed by atoms with Gasteiger partial charge in [-0.25, -0.2) is 18.2 Å². The topological polar surface area (TPSA) is 93.6 Å². The van der Waals surface area contributed by atoms with Crippen LogP contribution in [-0.2, 0) is 11.2 Å². The lowest BCUT2D eigenvalue weighted by molar-refractivity contribution is -0.138. The van der Waals surface area contributed by atoms with Gasteiger partial charge in [0.15, 0.2) is 0 Å². The summed E-state index contributed by atoms with van der Waals surface area (Å²) in [6.45, 7) is 4.64. The number of hydrogen-bond acceptors (Lipinski definition) is 7. The van der Waals surface area contributed by atoms with Crippen molar-refractivity contribution < 1.29 is 23.1 Å². The predicted molar refractivity (Wildman–Crippen MR) is 143 cm³/mol. The first-order valence-corrected chi connectivity index (χ1v) is 13.9. The summed E-state index contributed by atoms with van der Waals surface area (Å²) in [7, 11) is 0. The fourth-order valence-corrected chi connectivity index (χ4v) is 6.10. The Balaban J connectivity index is 1.38. The molecular formula is C28H37F3N6O2. The Morgan fingerprint density at radius 2 is 1.97 bits per heavy atom. The highest BCUT2D eigenvalue weighted by Crippen LogP contribution is 2.38. The number of rotatable bonds is 7. The van der Waals surface area contributed by atoms with E-state index in [4.69, 9.17) is 4.98 Å². The van der Waals surface area contributed by atoms with Gasteiger partial charge in [0.2, 0.25) is 11.9 Å². The Labute approximate surface area is 227 Å². The number of nitrogens with one attached hydrogen (secondary N) is 2. The van der Waals surface area contributed by atoms with E-state index in [1.54, 1.807) is 6.20 Å². The van der Waals surface area contributed by atoms with E-state index in [0.29, 0.717) is 62.3 Å². The van der Waals surface area contributed by atoms with Crippen LogP contribution in [0, 0.1) is 5.92 Å². The van der Waals surface area contributed by atoms with Crippen LogP contribution in [0.4, 0.5) is 24.9 Å². The zero-order valence-corrected chi connectivity index (χ0v) is 22.4. The predicted octanol–water partition coefficient (Wildman–Crippen LogP) is 4.06. The molecule has 5 rings (SSSR count). The Hall–Kier alpha value is -3.08. The van der Waals surface area contributed by atoms with Crippen molar-refractivity contribution in [2.24, 2.45) is 5.92 Å². The number of amides is 1. The first kappa shape index (κ1) is 27.5. The summed E-state index contributed by atoms with van der Waals surface area (Å²) in [4.78, 5) is 26.3. The normalized spacial score (nSPS) is 29.0. The van der Waals surface area contributed by atoms with Crippen LogP contribution < -0.4 is 15.5 Å². The van der Waals surface area contributed by atoms with E-state index in [2.05, 4.69) is 15.6 Å². The monoisotopic (exact) mass is 546 g/mol. The molecule has 0 spiro atoms. The van der Waals surface area contributed by atoms with Gasteiger partial charge >= 0.3 is 0 Å². The van der Waals surface area contributed by atoms with Crippen molar-refractivity contribution in [3.63, 3.8) is 0 Å². The zero-order chi connectivity index (χ0) is 27.7. The van der Waals surface area contributed by atoms with E-state index in [1.807, 2.05) is 29.7 Å². The number of aliphatic hydroxyl groups excluding tert-OH is 1. The number of anilines is 2. The fraction of sp³-hybridized carbons (Fsp3) is 0.607. The number of aromatic nitrogens is 2. The summed E-state index contributed by atoms with van der Waals surface area (Å²) in [5.74, 6) is -0.226. The summed E-state index contributed by atoms with van der Waals surface area (Å²) in [6.07, 6.45) is 8.14. The van der Waals surface area contributed by atoms with Gasteiger partial charge in [-0.05, 0) is 70.9 Å². The average Bonchev–Trinajstić information content (AvgIpc) is 3.39. The van der Waals surface area contributed by atoms with Crippen LogP contribution >= 0.6 is 0 Å². The van der Waals surface area contributed by atoms with Gasteiger partial charge in [0, 0.05) is 42.4 Å². The molecule has 0 aromatic carbocycles. The van der Waals surface area contributed by atoms with Gasteiger partial charge < -0.3 is 25.5 Å². The third-order valence-electron chi connectivity index (χ3n) is 8.06. The molecule has 1 saturated carbocycles. The molecule has 2 aliphatic carbocycles. The van der Waals surface area contributed by atoms with Gasteiger partial charge in [-0.3, -0.25) is 4.79 Å². The number of carbonyl (C=O) groups is 1. The molecule has 1 amide bonds. The molecule has 1 aromatic rings. The van der Waals surface area contributed by atoms with Crippen molar-refractivity contribution in [2.75, 3.05) is 23.4 Å². The molecule has 0 radical (unpaired) electrons. The Bertz CT molecular complexity index is 1160. The van der Waals surface area contributed by atoms with Crippen LogP contribution in [0.3, 0.4) is 0 Å². The van der Waals surface area contributed by atoms with E-state index in [0.717, 1.165) is 24.5 Å². The average molecular weight is 547 g/mol. The van der Waals surface area contributed by atoms with Gasteiger partial charge in [-0.1, -0.05) is 0 Å². The number of aliphatic hydroxyl groups is 1. The molecule has 0 bridgehead atoms. The van der Waals surface area contributed by atoms with Gasteiger partial charge in [-0.2, -0.15) is 4.98 Å². The highest BCUT2D eigenvalue weighted by molar-refractivity contribution is 5.79. The molecule has 2 aliphatic heterocycles. The molecule has 4 aliphatic rings. The second kappa shape index (κ2) is 11.6. The highest BCUT2D eigenvalue weighted by Gasteiger charge is 2.39. The number of nitrogens with zero attached hydrogens (tertiary/aromatic N) is 4. The van der Waals surface area contributed by atoms with Crippen LogP contribution in [0.25, 0.3) is 0 Å². The van der Waals surface area contributed by atoms with E-state index < -0.39 is 23.9 Å². The summed E-state index contributed by atoms with van der Waals surface area (Å²) < 4.78 is 43.0. The Kier molecular flexibility index (Phi) is 8.16. The van der Waals surface area contributed by atoms with Gasteiger partial charge in [0.1, 0.15) is 35.5 Å². The zero-order valence-electron chi connectivity index (χ0n) is 22.4. The van der Waals surface area contributed by atoms with E-state index >= 15 is 0 Å². The molecule has 3 N–H and O–H groups in total. The molecule has 8 nitrogen and oxygen atoms in total. The quantitative estimate of drug-likeness (QED) is 0.475. The smallest absolute Gasteiger partial charge is 0.226 e. The van der Waals surface area contributed by atoms with E-state index in [9.17, 15) is 23.1 Å². The minimum Gasteiger partial charge on any atom is -0.394 e. The third-order valence-corrected chi connectivity index (χ3v) is 8.06. The second-order valence-corrected chi connectivity index (χ2v) is 11.2. The Morgan fingerprint density at radius 1 is 1.21 bits per heavy atom. The van der Waals surface area contributed by atoms with Crippen molar-refractivity contribution in [1.29, 1.82) is 0 Å². The SMILES string of the molecule is CC(C)Nc1ncc2c(n1)N([C@H]1CC[C@@H](C(=O)N3CCC[C@@H]3CO)CC1)C(NC1C(F)=CC(F)=CC1F)=CC2. The third kappa shape index (κ3) is 5.78. The van der Waals surface area contributed by atoms with Crippen molar-refractivity contribution >= 4 is 17.7 Å². The molecule has 1 saturated heterocycles. The molecule has 3 atom stereocenters.